The number of fused-ring (bicyclic) bond motifs is 5. The van der Waals surface area contributed by atoms with Crippen molar-refractivity contribution in [2.24, 2.45) is 28.6 Å². The molecule has 1 heterocycles. The first-order valence-corrected chi connectivity index (χ1v) is 10.0. The lowest BCUT2D eigenvalue weighted by molar-refractivity contribution is -0.156. The van der Waals surface area contributed by atoms with Crippen LogP contribution in [0.1, 0.15) is 72.1 Å². The van der Waals surface area contributed by atoms with Gasteiger partial charge in [-0.15, -0.1) is 0 Å². The molecule has 0 bridgehead atoms. The van der Waals surface area contributed by atoms with E-state index in [2.05, 4.69) is 25.2 Å². The van der Waals surface area contributed by atoms with E-state index >= 15 is 0 Å². The number of hydrogen-bond donors (Lipinski definition) is 1. The second kappa shape index (κ2) is 5.85. The Morgan fingerprint density at radius 1 is 1.20 bits per heavy atom. The van der Waals surface area contributed by atoms with Crippen LogP contribution in [0.5, 0.6) is 0 Å². The summed E-state index contributed by atoms with van der Waals surface area (Å²) in [5.74, 6) is 1.97. The van der Waals surface area contributed by atoms with Crippen molar-refractivity contribution in [3.63, 3.8) is 0 Å². The summed E-state index contributed by atoms with van der Waals surface area (Å²) >= 11 is 0. The zero-order valence-electron chi connectivity index (χ0n) is 15.8. The highest BCUT2D eigenvalue weighted by Crippen LogP contribution is 2.64. The van der Waals surface area contributed by atoms with Gasteiger partial charge in [-0.3, -0.25) is 9.59 Å². The van der Waals surface area contributed by atoms with E-state index in [0.29, 0.717) is 24.2 Å². The fourth-order valence-electron chi connectivity index (χ4n) is 6.78. The standard InChI is InChI=1S/C21H31NO3/c1-13(23)25-18-9-7-15-14-6-8-17-20(2,11-4-5-19(24)22-17)16(14)10-12-21(15,18)3/h8,14-16,18H,4-7,9-12H2,1-3H3,(H,22,24)/t14-,15-,16-,18?,20+,21-/m0/s1. The van der Waals surface area contributed by atoms with Crippen LogP contribution in [0.25, 0.3) is 0 Å². The molecule has 0 radical (unpaired) electrons. The molecule has 6 atom stereocenters. The summed E-state index contributed by atoms with van der Waals surface area (Å²) in [5, 5.41) is 3.21. The first kappa shape index (κ1) is 17.1. The molecule has 3 aliphatic carbocycles. The number of carbonyl (C=O) groups excluding carboxylic acids is 2. The number of esters is 1. The molecule has 1 amide bonds. The van der Waals surface area contributed by atoms with Gasteiger partial charge in [-0.1, -0.05) is 19.9 Å². The molecule has 3 fully saturated rings. The monoisotopic (exact) mass is 345 g/mol. The predicted octanol–water partition coefficient (Wildman–Crippen LogP) is 3.95. The average molecular weight is 345 g/mol. The Labute approximate surface area is 150 Å². The summed E-state index contributed by atoms with van der Waals surface area (Å²) < 4.78 is 5.72. The maximum absolute atomic E-state index is 12.0. The van der Waals surface area contributed by atoms with Gasteiger partial charge in [-0.25, -0.2) is 0 Å². The highest BCUT2D eigenvalue weighted by atomic mass is 16.5. The summed E-state index contributed by atoms with van der Waals surface area (Å²) in [7, 11) is 0. The summed E-state index contributed by atoms with van der Waals surface area (Å²) in [6.07, 6.45) is 10.7. The van der Waals surface area contributed by atoms with E-state index in [9.17, 15) is 9.59 Å². The van der Waals surface area contributed by atoms with Gasteiger partial charge in [0.2, 0.25) is 5.91 Å². The zero-order valence-corrected chi connectivity index (χ0v) is 15.8. The Hall–Kier alpha value is -1.32. The minimum Gasteiger partial charge on any atom is -0.462 e. The SMILES string of the molecule is CC(=O)OC1CC[C@H]2[C@@H]3CC=C4NC(=O)CCC[C@]4(C)[C@H]3CC[C@]12C. The Morgan fingerprint density at radius 3 is 2.76 bits per heavy atom. The minimum atomic E-state index is -0.140. The van der Waals surface area contributed by atoms with Crippen molar-refractivity contribution in [2.75, 3.05) is 0 Å². The van der Waals surface area contributed by atoms with Crippen LogP contribution in [0.4, 0.5) is 0 Å². The quantitative estimate of drug-likeness (QED) is 0.732. The Kier molecular flexibility index (Phi) is 4.01. The van der Waals surface area contributed by atoms with Gasteiger partial charge in [0, 0.05) is 29.9 Å². The molecular weight excluding hydrogens is 314 g/mol. The number of amides is 1. The third-order valence-electron chi connectivity index (χ3n) is 8.06. The van der Waals surface area contributed by atoms with Crippen molar-refractivity contribution in [1.82, 2.24) is 5.32 Å². The van der Waals surface area contributed by atoms with Gasteiger partial charge in [0.1, 0.15) is 6.10 Å². The van der Waals surface area contributed by atoms with Crippen LogP contribution in [-0.4, -0.2) is 18.0 Å². The van der Waals surface area contributed by atoms with Crippen molar-refractivity contribution in [3.8, 4) is 0 Å². The van der Waals surface area contributed by atoms with E-state index in [-0.39, 0.29) is 28.8 Å². The maximum Gasteiger partial charge on any atom is 0.302 e. The van der Waals surface area contributed by atoms with Gasteiger partial charge in [0.15, 0.2) is 0 Å². The molecule has 1 aliphatic heterocycles. The normalized spacial score (nSPS) is 46.0. The van der Waals surface area contributed by atoms with Gasteiger partial charge < -0.3 is 10.1 Å². The summed E-state index contributed by atoms with van der Waals surface area (Å²) in [5.41, 5.74) is 1.42. The van der Waals surface area contributed by atoms with Crippen molar-refractivity contribution in [2.45, 2.75) is 78.2 Å². The van der Waals surface area contributed by atoms with Crippen LogP contribution >= 0.6 is 0 Å². The van der Waals surface area contributed by atoms with E-state index in [1.54, 1.807) is 0 Å². The Balaban J connectivity index is 1.63. The Morgan fingerprint density at radius 2 is 2.00 bits per heavy atom. The van der Waals surface area contributed by atoms with Gasteiger partial charge in [0.05, 0.1) is 0 Å². The summed E-state index contributed by atoms with van der Waals surface area (Å²) in [4.78, 5) is 23.6. The second-order valence-corrected chi connectivity index (χ2v) is 9.27. The van der Waals surface area contributed by atoms with Gasteiger partial charge in [0.25, 0.3) is 0 Å². The lowest BCUT2D eigenvalue weighted by atomic mass is 9.50. The van der Waals surface area contributed by atoms with Gasteiger partial charge >= 0.3 is 5.97 Å². The number of ether oxygens (including phenoxy) is 1. The molecule has 1 N–H and O–H groups in total. The van der Waals surface area contributed by atoms with E-state index in [4.69, 9.17) is 4.74 Å². The van der Waals surface area contributed by atoms with E-state index in [1.165, 1.54) is 25.5 Å². The fourth-order valence-corrected chi connectivity index (χ4v) is 6.78. The molecule has 138 valence electrons. The van der Waals surface area contributed by atoms with Crippen LogP contribution in [0.2, 0.25) is 0 Å². The van der Waals surface area contributed by atoms with E-state index in [0.717, 1.165) is 32.1 Å². The zero-order chi connectivity index (χ0) is 17.8. The van der Waals surface area contributed by atoms with Crippen LogP contribution in [-0.2, 0) is 14.3 Å². The predicted molar refractivity (Wildman–Crippen MR) is 95.4 cm³/mol. The van der Waals surface area contributed by atoms with Crippen molar-refractivity contribution >= 4 is 11.9 Å². The van der Waals surface area contributed by atoms with Crippen LogP contribution in [0.3, 0.4) is 0 Å². The average Bonchev–Trinajstić information content (AvgIpc) is 2.77. The highest BCUT2D eigenvalue weighted by molar-refractivity contribution is 5.78. The maximum atomic E-state index is 12.0. The molecule has 4 aliphatic rings. The van der Waals surface area contributed by atoms with Crippen molar-refractivity contribution in [1.29, 1.82) is 0 Å². The second-order valence-electron chi connectivity index (χ2n) is 9.27. The summed E-state index contributed by atoms with van der Waals surface area (Å²) in [6, 6.07) is 0. The van der Waals surface area contributed by atoms with Gasteiger partial charge in [-0.05, 0) is 62.7 Å². The van der Waals surface area contributed by atoms with Crippen LogP contribution in [0.15, 0.2) is 11.8 Å². The van der Waals surface area contributed by atoms with E-state index < -0.39 is 0 Å². The molecular formula is C21H31NO3. The highest BCUT2D eigenvalue weighted by Gasteiger charge is 2.59. The van der Waals surface area contributed by atoms with E-state index in [1.807, 2.05) is 0 Å². The molecule has 4 heteroatoms. The Bertz CT molecular complexity index is 627. The number of nitrogens with one attached hydrogen (secondary N) is 1. The lowest BCUT2D eigenvalue weighted by Crippen LogP contribution is -2.51. The molecule has 0 aromatic rings. The number of hydrogen-bond acceptors (Lipinski definition) is 3. The van der Waals surface area contributed by atoms with Gasteiger partial charge in [-0.2, -0.15) is 0 Å². The fraction of sp³-hybridized carbons (Fsp3) is 0.810. The molecule has 1 unspecified atom stereocenters. The lowest BCUT2D eigenvalue weighted by Gasteiger charge is -2.55. The first-order chi connectivity index (χ1) is 11.8. The molecule has 0 aromatic heterocycles. The molecule has 1 saturated heterocycles. The van der Waals surface area contributed by atoms with Crippen LogP contribution < -0.4 is 5.32 Å². The third-order valence-corrected chi connectivity index (χ3v) is 8.06. The molecule has 0 spiro atoms. The molecule has 2 saturated carbocycles. The molecule has 25 heavy (non-hydrogen) atoms. The van der Waals surface area contributed by atoms with Crippen molar-refractivity contribution < 1.29 is 14.3 Å². The minimum absolute atomic E-state index is 0.0861. The first-order valence-electron chi connectivity index (χ1n) is 10.0. The number of allylic oxidation sites excluding steroid dienone is 2. The number of rotatable bonds is 1. The molecule has 4 rings (SSSR count). The number of carbonyl (C=O) groups is 2. The molecule has 4 nitrogen and oxygen atoms in total. The topological polar surface area (TPSA) is 55.4 Å². The summed E-state index contributed by atoms with van der Waals surface area (Å²) in [6.45, 7) is 6.26. The smallest absolute Gasteiger partial charge is 0.302 e. The molecule has 0 aromatic carbocycles. The largest absolute Gasteiger partial charge is 0.462 e. The van der Waals surface area contributed by atoms with Crippen molar-refractivity contribution in [3.05, 3.63) is 11.8 Å². The van der Waals surface area contributed by atoms with Crippen LogP contribution in [0, 0.1) is 28.6 Å². The third kappa shape index (κ3) is 2.55.